The molecule has 0 aromatic carbocycles. The Labute approximate surface area is 65.8 Å². The van der Waals surface area contributed by atoms with E-state index in [9.17, 15) is 0 Å². The van der Waals surface area contributed by atoms with Crippen LogP contribution < -0.4 is 11.1 Å². The van der Waals surface area contributed by atoms with E-state index < -0.39 is 0 Å². The van der Waals surface area contributed by atoms with E-state index in [4.69, 9.17) is 5.73 Å². The molecule has 5 heteroatoms. The first-order chi connectivity index (χ1) is 4.88. The molecule has 0 aliphatic carbocycles. The van der Waals surface area contributed by atoms with Crippen molar-refractivity contribution in [1.29, 1.82) is 0 Å². The van der Waals surface area contributed by atoms with Crippen LogP contribution in [-0.4, -0.2) is 17.3 Å². The van der Waals surface area contributed by atoms with Crippen LogP contribution in [0.4, 0.5) is 0 Å². The van der Waals surface area contributed by atoms with Crippen molar-refractivity contribution in [3.63, 3.8) is 0 Å². The maximum absolute atomic E-state index is 5.10. The molecule has 0 unspecified atom stereocenters. The molecule has 0 aromatic rings. The first kappa shape index (κ1) is 7.15. The van der Waals surface area contributed by atoms with Crippen molar-refractivity contribution >= 4 is 17.3 Å². The third-order valence-electron chi connectivity index (χ3n) is 0.927. The Bertz CT molecular complexity index is 228. The van der Waals surface area contributed by atoms with E-state index >= 15 is 0 Å². The summed E-state index contributed by atoms with van der Waals surface area (Å²) in [5.41, 5.74) is 5.66. The molecule has 0 fully saturated rings. The zero-order valence-corrected chi connectivity index (χ0v) is 5.93. The number of nitrogens with zero attached hydrogens (tertiary/aromatic N) is 2. The van der Waals surface area contributed by atoms with Gasteiger partial charge in [-0.2, -0.15) is 0 Å². The van der Waals surface area contributed by atoms with Crippen LogP contribution in [0.5, 0.6) is 0 Å². The van der Waals surface area contributed by atoms with Crippen LogP contribution in [-0.2, 0) is 15.0 Å². The van der Waals surface area contributed by atoms with E-state index in [1.165, 1.54) is 11.5 Å². The summed E-state index contributed by atoms with van der Waals surface area (Å²) in [6, 6.07) is 0. The second kappa shape index (κ2) is 3.27. The van der Waals surface area contributed by atoms with E-state index in [0.717, 1.165) is 0 Å². The van der Waals surface area contributed by atoms with Crippen LogP contribution in [0.2, 0.25) is 0 Å². The summed E-state index contributed by atoms with van der Waals surface area (Å²) >= 11 is 4.23. The summed E-state index contributed by atoms with van der Waals surface area (Å²) < 4.78 is 0. The van der Waals surface area contributed by atoms with Gasteiger partial charge in [0, 0.05) is 0 Å². The Morgan fingerprint density at radius 2 is 2.70 bits per heavy atom. The normalized spacial score (nSPS) is 23.8. The SMILES string of the molecule is N[C-]=C1NC=NC1=N[CH]=[Ni]. The van der Waals surface area contributed by atoms with Gasteiger partial charge in [0.25, 0.3) is 0 Å². The Hall–Kier alpha value is -0.956. The van der Waals surface area contributed by atoms with Crippen molar-refractivity contribution < 1.29 is 15.0 Å². The molecule has 0 atom stereocenters. The zero-order chi connectivity index (χ0) is 7.40. The molecule has 0 bridgehead atoms. The van der Waals surface area contributed by atoms with Gasteiger partial charge in [0.15, 0.2) is 0 Å². The quantitative estimate of drug-likeness (QED) is 0.306. The maximum atomic E-state index is 5.10. The van der Waals surface area contributed by atoms with Crippen molar-refractivity contribution in [2.24, 2.45) is 15.7 Å². The molecule has 1 aliphatic rings. The zero-order valence-electron chi connectivity index (χ0n) is 4.94. The minimum atomic E-state index is 0.480. The minimum absolute atomic E-state index is 0.480. The van der Waals surface area contributed by atoms with Crippen molar-refractivity contribution in [3.8, 4) is 0 Å². The molecular weight excluding hydrogens is 175 g/mol. The van der Waals surface area contributed by atoms with Gasteiger partial charge in [0.1, 0.15) is 0 Å². The molecule has 56 valence electrons. The van der Waals surface area contributed by atoms with Crippen molar-refractivity contribution in [1.82, 2.24) is 5.32 Å². The first-order valence-electron chi connectivity index (χ1n) is 2.47. The topological polar surface area (TPSA) is 62.8 Å². The van der Waals surface area contributed by atoms with Gasteiger partial charge in [-0.15, -0.1) is 0 Å². The fourth-order valence-electron chi connectivity index (χ4n) is 0.530. The van der Waals surface area contributed by atoms with E-state index in [1.54, 1.807) is 0 Å². The molecule has 1 aliphatic heterocycles. The predicted molar refractivity (Wildman–Crippen MR) is 36.1 cm³/mol. The average Bonchev–Trinajstić information content (AvgIpc) is 2.36. The Balaban J connectivity index is 2.86. The molecule has 1 heterocycles. The third kappa shape index (κ3) is 1.30. The molecule has 10 heavy (non-hydrogen) atoms. The number of hydrogen-bond acceptors (Lipinski definition) is 3. The van der Waals surface area contributed by atoms with Crippen LogP contribution in [0.1, 0.15) is 0 Å². The summed E-state index contributed by atoms with van der Waals surface area (Å²) in [6.45, 7) is 0. The fourth-order valence-corrected chi connectivity index (χ4v) is 0.651. The van der Waals surface area contributed by atoms with Gasteiger partial charge in [-0.05, 0) is 0 Å². The second-order valence-corrected chi connectivity index (χ2v) is 1.71. The number of aliphatic imine (C=N–C) groups is 2. The molecule has 0 radical (unpaired) electrons. The van der Waals surface area contributed by atoms with Gasteiger partial charge in [-0.1, -0.05) is 0 Å². The average molecular weight is 180 g/mol. The van der Waals surface area contributed by atoms with E-state index in [2.05, 4.69) is 36.5 Å². The molecule has 4 nitrogen and oxygen atoms in total. The predicted octanol–water partition coefficient (Wildman–Crippen LogP) is -1.07. The molecule has 0 spiro atoms. The molecule has 0 aromatic heterocycles. The number of nitrogens with one attached hydrogen (secondary N) is 1. The van der Waals surface area contributed by atoms with Gasteiger partial charge in [0.05, 0.1) is 0 Å². The van der Waals surface area contributed by atoms with Gasteiger partial charge in [-0.3, -0.25) is 0 Å². The number of amidine groups is 1. The third-order valence-corrected chi connectivity index (χ3v) is 1.05. The molecule has 1 rings (SSSR count). The summed E-state index contributed by atoms with van der Waals surface area (Å²) in [4.78, 5) is 7.58. The van der Waals surface area contributed by atoms with E-state index in [-0.39, 0.29) is 0 Å². The number of nitrogens with two attached hydrogens (primary N) is 1. The monoisotopic (exact) mass is 179 g/mol. The first-order valence-corrected chi connectivity index (χ1v) is 3.04. The van der Waals surface area contributed by atoms with Crippen molar-refractivity contribution in [3.05, 3.63) is 11.9 Å². The Morgan fingerprint density at radius 1 is 1.90 bits per heavy atom. The van der Waals surface area contributed by atoms with Gasteiger partial charge >= 0.3 is 65.3 Å². The van der Waals surface area contributed by atoms with Gasteiger partial charge in [-0.25, -0.2) is 0 Å². The van der Waals surface area contributed by atoms with Crippen LogP contribution in [0.15, 0.2) is 15.7 Å². The molecule has 0 saturated heterocycles. The molecule has 0 saturated carbocycles. The number of rotatable bonds is 1. The van der Waals surface area contributed by atoms with E-state index in [0.29, 0.717) is 11.5 Å². The van der Waals surface area contributed by atoms with Gasteiger partial charge in [0.2, 0.25) is 0 Å². The molecule has 0 amide bonds. The van der Waals surface area contributed by atoms with E-state index in [1.807, 2.05) is 0 Å². The molecular formula is C5H5N4Ni-. The summed E-state index contributed by atoms with van der Waals surface area (Å²) in [5.74, 6) is 0.480. The van der Waals surface area contributed by atoms with Crippen LogP contribution in [0.3, 0.4) is 0 Å². The summed E-state index contributed by atoms with van der Waals surface area (Å²) in [7, 11) is 0. The fraction of sp³-hybridized carbons (Fsp3) is 0. The van der Waals surface area contributed by atoms with Crippen molar-refractivity contribution in [2.45, 2.75) is 0 Å². The van der Waals surface area contributed by atoms with Crippen LogP contribution in [0.25, 0.3) is 0 Å². The van der Waals surface area contributed by atoms with Crippen LogP contribution >= 0.6 is 0 Å². The second-order valence-electron chi connectivity index (χ2n) is 1.46. The standard InChI is InChI=1S/C5H5N4.Ni/c1-7-5-4(2-6)8-3-9-5;/h1,3H,6H2,(H,8,9);/q-1;. The Kier molecular flexibility index (Phi) is 2.34. The van der Waals surface area contributed by atoms with Gasteiger partial charge < -0.3 is 0 Å². The summed E-state index contributed by atoms with van der Waals surface area (Å²) in [5, 5.41) is 4.01. The Morgan fingerprint density at radius 3 is 3.30 bits per heavy atom. The summed E-state index contributed by atoms with van der Waals surface area (Å²) in [6.07, 6.45) is 3.87. The molecule has 3 N–H and O–H groups in total. The van der Waals surface area contributed by atoms with Crippen molar-refractivity contribution in [2.75, 3.05) is 0 Å². The van der Waals surface area contributed by atoms with Crippen LogP contribution in [0, 0.1) is 6.20 Å². The number of hydrogen-bond donors (Lipinski definition) is 2.